The second-order valence-electron chi connectivity index (χ2n) is 7.83. The van der Waals surface area contributed by atoms with Crippen molar-refractivity contribution in [2.24, 2.45) is 10.4 Å². The van der Waals surface area contributed by atoms with E-state index < -0.39 is 5.41 Å². The number of nitrogens with zero attached hydrogens (tertiary/aromatic N) is 2. The van der Waals surface area contributed by atoms with Crippen LogP contribution >= 0.6 is 11.6 Å². The van der Waals surface area contributed by atoms with Crippen LogP contribution in [0.1, 0.15) is 34.1 Å². The molecule has 0 bridgehead atoms. The number of nitrogens with one attached hydrogen (secondary N) is 3. The summed E-state index contributed by atoms with van der Waals surface area (Å²) >= 11 is 6.19. The zero-order valence-electron chi connectivity index (χ0n) is 18.1. The molecular weight excluding hydrogens is 390 g/mol. The Bertz CT molecular complexity index is 723. The quantitative estimate of drug-likeness (QED) is 0.442. The van der Waals surface area contributed by atoms with Crippen LogP contribution in [0.25, 0.3) is 0 Å². The van der Waals surface area contributed by atoms with Crippen molar-refractivity contribution in [3.8, 4) is 5.75 Å². The van der Waals surface area contributed by atoms with Gasteiger partial charge in [-0.2, -0.15) is 0 Å². The number of anilines is 1. The second kappa shape index (κ2) is 10.6. The summed E-state index contributed by atoms with van der Waals surface area (Å²) in [6.45, 7) is 11.3. The van der Waals surface area contributed by atoms with Crippen molar-refractivity contribution in [1.82, 2.24) is 16.0 Å². The van der Waals surface area contributed by atoms with Gasteiger partial charge >= 0.3 is 0 Å². The molecule has 29 heavy (non-hydrogen) atoms. The first-order valence-corrected chi connectivity index (χ1v) is 10.6. The van der Waals surface area contributed by atoms with Crippen LogP contribution in [0.4, 0.5) is 5.69 Å². The molecule has 1 unspecified atom stereocenters. The van der Waals surface area contributed by atoms with Crippen LogP contribution < -0.4 is 25.6 Å². The number of amides is 1. The van der Waals surface area contributed by atoms with Gasteiger partial charge in [0.2, 0.25) is 5.91 Å². The van der Waals surface area contributed by atoms with Gasteiger partial charge in [-0.05, 0) is 52.3 Å². The molecule has 1 atom stereocenters. The van der Waals surface area contributed by atoms with Crippen LogP contribution in [-0.2, 0) is 4.79 Å². The van der Waals surface area contributed by atoms with Crippen LogP contribution in [0, 0.1) is 5.41 Å². The van der Waals surface area contributed by atoms with E-state index >= 15 is 0 Å². The number of hydrogen-bond donors (Lipinski definition) is 3. The van der Waals surface area contributed by atoms with Gasteiger partial charge in [0.05, 0.1) is 24.8 Å². The van der Waals surface area contributed by atoms with E-state index in [-0.39, 0.29) is 11.9 Å². The van der Waals surface area contributed by atoms with E-state index in [0.29, 0.717) is 18.1 Å². The molecule has 1 amide bonds. The van der Waals surface area contributed by atoms with E-state index in [1.54, 1.807) is 7.11 Å². The summed E-state index contributed by atoms with van der Waals surface area (Å²) in [5, 5.41) is 10.4. The monoisotopic (exact) mass is 423 g/mol. The van der Waals surface area contributed by atoms with E-state index in [1.807, 2.05) is 45.9 Å². The number of carbonyl (C=O) groups excluding carboxylic acids is 1. The maximum Gasteiger partial charge on any atom is 0.227 e. The van der Waals surface area contributed by atoms with E-state index in [0.717, 1.165) is 43.5 Å². The molecule has 8 heteroatoms. The summed E-state index contributed by atoms with van der Waals surface area (Å²) < 4.78 is 5.49. The van der Waals surface area contributed by atoms with Crippen LogP contribution in [0.5, 0.6) is 5.75 Å². The van der Waals surface area contributed by atoms with Crippen molar-refractivity contribution in [2.45, 2.75) is 40.2 Å². The summed E-state index contributed by atoms with van der Waals surface area (Å²) in [4.78, 5) is 19.2. The van der Waals surface area contributed by atoms with Gasteiger partial charge in [-0.15, -0.1) is 0 Å². The zero-order chi connectivity index (χ0) is 21.4. The molecule has 162 valence electrons. The number of rotatable bonds is 8. The van der Waals surface area contributed by atoms with Crippen molar-refractivity contribution in [3.05, 3.63) is 23.2 Å². The van der Waals surface area contributed by atoms with E-state index in [2.05, 4.69) is 25.8 Å². The Labute approximate surface area is 179 Å². The van der Waals surface area contributed by atoms with Gasteiger partial charge in [-0.3, -0.25) is 9.79 Å². The van der Waals surface area contributed by atoms with Crippen molar-refractivity contribution in [2.75, 3.05) is 44.7 Å². The molecule has 2 rings (SSSR count). The Kier molecular flexibility index (Phi) is 8.44. The van der Waals surface area contributed by atoms with Gasteiger partial charge in [0, 0.05) is 37.2 Å². The highest BCUT2D eigenvalue weighted by atomic mass is 35.5. The third kappa shape index (κ3) is 6.42. The predicted molar refractivity (Wildman–Crippen MR) is 120 cm³/mol. The highest BCUT2D eigenvalue weighted by Crippen LogP contribution is 2.33. The third-order valence-corrected chi connectivity index (χ3v) is 5.17. The molecule has 1 aromatic rings. The molecule has 3 N–H and O–H groups in total. The van der Waals surface area contributed by atoms with Gasteiger partial charge in [0.15, 0.2) is 5.96 Å². The fourth-order valence-corrected chi connectivity index (χ4v) is 3.44. The molecule has 0 aromatic heterocycles. The SMILES string of the molecule is CCNC(=O)C(C)(C)CN=C(NCC)NC1CCN(c2cc(Cl)ccc2OC)C1. The fourth-order valence-electron chi connectivity index (χ4n) is 3.27. The lowest BCUT2D eigenvalue weighted by molar-refractivity contribution is -0.128. The molecule has 0 saturated carbocycles. The molecule has 1 aliphatic heterocycles. The van der Waals surface area contributed by atoms with Crippen molar-refractivity contribution >= 4 is 29.2 Å². The Morgan fingerprint density at radius 2 is 2.03 bits per heavy atom. The minimum Gasteiger partial charge on any atom is -0.495 e. The molecule has 1 fully saturated rings. The number of methoxy groups -OCH3 is 1. The number of carbonyl (C=O) groups is 1. The van der Waals surface area contributed by atoms with Gasteiger partial charge in [0.25, 0.3) is 0 Å². The molecule has 1 aromatic carbocycles. The average Bonchev–Trinajstić information content (AvgIpc) is 3.15. The molecule has 1 saturated heterocycles. The number of aliphatic imine (C=N–C) groups is 1. The number of halogens is 1. The number of ether oxygens (including phenoxy) is 1. The van der Waals surface area contributed by atoms with E-state index in [1.165, 1.54) is 0 Å². The van der Waals surface area contributed by atoms with Crippen molar-refractivity contribution < 1.29 is 9.53 Å². The lowest BCUT2D eigenvalue weighted by Crippen LogP contribution is -2.46. The molecule has 0 radical (unpaired) electrons. The summed E-state index contributed by atoms with van der Waals surface area (Å²) in [7, 11) is 1.67. The van der Waals surface area contributed by atoms with Crippen LogP contribution in [0.15, 0.2) is 23.2 Å². The Balaban J connectivity index is 2.03. The average molecular weight is 424 g/mol. The summed E-state index contributed by atoms with van der Waals surface area (Å²) in [6, 6.07) is 5.91. The van der Waals surface area contributed by atoms with Crippen molar-refractivity contribution in [1.29, 1.82) is 0 Å². The number of guanidine groups is 1. The Morgan fingerprint density at radius 3 is 2.69 bits per heavy atom. The lowest BCUT2D eigenvalue weighted by Gasteiger charge is -2.24. The molecule has 0 aliphatic carbocycles. The molecule has 1 aliphatic rings. The summed E-state index contributed by atoms with van der Waals surface area (Å²) in [6.07, 6.45) is 0.972. The van der Waals surface area contributed by atoms with E-state index in [9.17, 15) is 4.79 Å². The highest BCUT2D eigenvalue weighted by molar-refractivity contribution is 6.30. The maximum absolute atomic E-state index is 12.2. The normalized spacial score (nSPS) is 17.2. The summed E-state index contributed by atoms with van der Waals surface area (Å²) in [5.41, 5.74) is 0.442. The Hall–Kier alpha value is -2.15. The van der Waals surface area contributed by atoms with Crippen LogP contribution in [0.2, 0.25) is 5.02 Å². The second-order valence-corrected chi connectivity index (χ2v) is 8.27. The standard InChI is InChI=1S/C21H34ClN5O2/c1-6-23-19(28)21(3,4)14-25-20(24-7-2)26-16-10-11-27(13-16)17-12-15(22)8-9-18(17)29-5/h8-9,12,16H,6-7,10-11,13-14H2,1-5H3,(H,23,28)(H2,24,25,26). The molecular formula is C21H34ClN5O2. The van der Waals surface area contributed by atoms with Crippen molar-refractivity contribution in [3.63, 3.8) is 0 Å². The van der Waals surface area contributed by atoms with Gasteiger partial charge in [0.1, 0.15) is 5.75 Å². The molecule has 7 nitrogen and oxygen atoms in total. The van der Waals surface area contributed by atoms with Gasteiger partial charge in [-0.1, -0.05) is 11.6 Å². The zero-order valence-corrected chi connectivity index (χ0v) is 18.9. The van der Waals surface area contributed by atoms with Crippen LogP contribution in [0.3, 0.4) is 0 Å². The first-order valence-electron chi connectivity index (χ1n) is 10.2. The minimum absolute atomic E-state index is 0.0136. The maximum atomic E-state index is 12.2. The predicted octanol–water partition coefficient (Wildman–Crippen LogP) is 2.64. The number of hydrogen-bond acceptors (Lipinski definition) is 4. The largest absolute Gasteiger partial charge is 0.495 e. The Morgan fingerprint density at radius 1 is 1.31 bits per heavy atom. The number of benzene rings is 1. The van der Waals surface area contributed by atoms with E-state index in [4.69, 9.17) is 16.3 Å². The smallest absolute Gasteiger partial charge is 0.227 e. The summed E-state index contributed by atoms with van der Waals surface area (Å²) in [5.74, 6) is 1.56. The molecule has 0 spiro atoms. The first kappa shape index (κ1) is 23.1. The highest BCUT2D eigenvalue weighted by Gasteiger charge is 2.28. The van der Waals surface area contributed by atoms with Gasteiger partial charge in [-0.25, -0.2) is 0 Å². The fraction of sp³-hybridized carbons (Fsp3) is 0.619. The van der Waals surface area contributed by atoms with Crippen LogP contribution in [-0.4, -0.2) is 57.7 Å². The third-order valence-electron chi connectivity index (χ3n) is 4.94. The first-order chi connectivity index (χ1) is 13.8. The minimum atomic E-state index is -0.561. The molecule has 1 heterocycles. The topological polar surface area (TPSA) is 78.0 Å². The lowest BCUT2D eigenvalue weighted by atomic mass is 9.92. The van der Waals surface area contributed by atoms with Gasteiger partial charge < -0.3 is 25.6 Å².